The lowest BCUT2D eigenvalue weighted by Gasteiger charge is -2.38. The number of methoxy groups -OCH3 is 1. The van der Waals surface area contributed by atoms with E-state index in [1.54, 1.807) is 104 Å². The first-order valence-corrected chi connectivity index (χ1v) is 38.7. The Balaban J connectivity index is 2.06. The van der Waals surface area contributed by atoms with Gasteiger partial charge in [0.25, 0.3) is 5.91 Å². The summed E-state index contributed by atoms with van der Waals surface area (Å²) in [5.74, 6) is -11.8. The van der Waals surface area contributed by atoms with E-state index >= 15 is 43.2 Å². The average molecular weight is 1530 g/mol. The Kier molecular flexibility index (Phi) is 36.6. The predicted molar refractivity (Wildman–Crippen MR) is 415 cm³/mol. The number of amides is 13. The van der Waals surface area contributed by atoms with Crippen LogP contribution in [0, 0.1) is 29.6 Å². The number of carbonyl (C=O) groups excluding carboxylic acids is 13. The lowest BCUT2D eigenvalue weighted by Crippen LogP contribution is -2.62. The van der Waals surface area contributed by atoms with Gasteiger partial charge in [0.1, 0.15) is 66.2 Å². The number of rotatable bonds is 21. The highest BCUT2D eigenvalue weighted by Crippen LogP contribution is 2.26. The Morgan fingerprint density at radius 3 is 1.61 bits per heavy atom. The molecule has 29 heteroatoms. The van der Waals surface area contributed by atoms with E-state index < -0.39 is 180 Å². The minimum absolute atomic E-state index is 0.0204. The summed E-state index contributed by atoms with van der Waals surface area (Å²) in [6.07, 6.45) is 0.470. The highest BCUT2D eigenvalue weighted by atomic mass is 16.5. The second-order valence-electron chi connectivity index (χ2n) is 32.3. The van der Waals surface area contributed by atoms with Gasteiger partial charge < -0.3 is 80.8 Å². The molecule has 2 aromatic rings. The molecular formula is C80H129N13O16. The molecule has 0 radical (unpaired) electrons. The van der Waals surface area contributed by atoms with Crippen LogP contribution in [0.3, 0.4) is 0 Å². The molecule has 0 bridgehead atoms. The SMILES string of the molecule is CCCCN1CC(=O)N(C)[C@@H](CC(C)C)C(=O)N[C@@H](COC(C)(C)C)C(=O)N(C)[C@@H](Cc2ccccc2)C(=O)N(C)[C@@H](CC(C)C)C(=O)N[C@H](C(=O)N2CCCCC2)CC(=O)N[C@H](C(C)C)C(=O)N(C)C(C(C)C)C(=O)N[C@@H](Cc2ccc(C(=O)NC)c(OC)c2)C(=O)N(C)[C@@H](CC(C)C)C(=O)N[C@@H]([C@@H](C)O)C1=O. The second kappa shape index (κ2) is 43.0. The van der Waals surface area contributed by atoms with E-state index in [1.807, 2.05) is 34.6 Å². The Hall–Kier alpha value is -8.73. The summed E-state index contributed by atoms with van der Waals surface area (Å²) >= 11 is 0. The van der Waals surface area contributed by atoms with Crippen molar-refractivity contribution in [3.63, 3.8) is 0 Å². The van der Waals surface area contributed by atoms with Crippen LogP contribution in [0.15, 0.2) is 48.5 Å². The van der Waals surface area contributed by atoms with Gasteiger partial charge >= 0.3 is 0 Å². The smallest absolute Gasteiger partial charge is 0.254 e. The number of hydrogen-bond donors (Lipinski definition) is 7. The third kappa shape index (κ3) is 27.1. The molecule has 29 nitrogen and oxygen atoms in total. The van der Waals surface area contributed by atoms with Crippen LogP contribution in [0.4, 0.5) is 0 Å². The second-order valence-corrected chi connectivity index (χ2v) is 32.3. The molecule has 0 saturated carbocycles. The first-order valence-electron chi connectivity index (χ1n) is 38.7. The lowest BCUT2D eigenvalue weighted by atomic mass is 9.96. The van der Waals surface area contributed by atoms with Crippen LogP contribution in [-0.4, -0.2) is 271 Å². The number of benzene rings is 2. The minimum atomic E-state index is -1.72. The number of unbranched alkanes of at least 4 members (excludes halogenated alkanes) is 1. The van der Waals surface area contributed by atoms with Crippen molar-refractivity contribution in [1.29, 1.82) is 0 Å². The molecule has 0 spiro atoms. The van der Waals surface area contributed by atoms with Gasteiger partial charge in [0.15, 0.2) is 0 Å². The van der Waals surface area contributed by atoms with Crippen molar-refractivity contribution >= 4 is 76.8 Å². The van der Waals surface area contributed by atoms with E-state index in [-0.39, 0.29) is 67.7 Å². The molecule has 2 aromatic carbocycles. The van der Waals surface area contributed by atoms with Crippen molar-refractivity contribution in [2.24, 2.45) is 29.6 Å². The average Bonchev–Trinajstić information content (AvgIpc) is 0.815. The van der Waals surface area contributed by atoms with Gasteiger partial charge in [-0.1, -0.05) is 119 Å². The van der Waals surface area contributed by atoms with E-state index in [2.05, 4.69) is 31.9 Å². The molecule has 2 heterocycles. The standard InChI is InChI=1S/C80H129N13O16/c1-23-24-35-93-45-65(96)87(17)59(38-47(2)3)70(98)84-58(46-109-80(13,14)15)75(103)90(20)62(42-53-31-27-25-28-32-53)77(105)89(19)60(39-48(4)5)71(99)82-57(76(104)92-36-29-26-30-37-92)44-64(95)85-66(50(8)9)78(106)91(21)68(51(10)11)73(101)83-56(41-54-33-34-55(69(97)81-16)63(43-54)108-22)74(102)88(18)61(40-49(6)7)72(100)86-67(52(12)94)79(93)107/h25,27-28,31-34,43,47-52,56-62,66-68,94H,23-24,26,29-30,35-42,44-46H2,1-22H3,(H,81,97)(H,82,99)(H,83,101)(H,84,98)(H,85,95)(H,86,100)/t52-,56+,57+,58+,59+,60+,61+,62+,66-,67+,68?/m1/s1. The van der Waals surface area contributed by atoms with Crippen LogP contribution in [-0.2, 0) is 75.1 Å². The summed E-state index contributed by atoms with van der Waals surface area (Å²) in [4.78, 5) is 204. The Labute approximate surface area is 646 Å². The fourth-order valence-corrected chi connectivity index (χ4v) is 13.6. The molecule has 2 aliphatic rings. The molecule has 2 fully saturated rings. The third-order valence-corrected chi connectivity index (χ3v) is 20.0. The Bertz CT molecular complexity index is 3430. The zero-order chi connectivity index (χ0) is 82.2. The van der Waals surface area contributed by atoms with Crippen molar-refractivity contribution < 1.29 is 76.9 Å². The van der Waals surface area contributed by atoms with Gasteiger partial charge in [0.2, 0.25) is 70.9 Å². The van der Waals surface area contributed by atoms with Gasteiger partial charge in [0, 0.05) is 74.8 Å². The molecule has 109 heavy (non-hydrogen) atoms. The molecule has 610 valence electrons. The Morgan fingerprint density at radius 1 is 0.569 bits per heavy atom. The quantitative estimate of drug-likeness (QED) is 0.0925. The van der Waals surface area contributed by atoms with Crippen LogP contribution < -0.4 is 36.6 Å². The fourth-order valence-electron chi connectivity index (χ4n) is 13.6. The van der Waals surface area contributed by atoms with Gasteiger partial charge in [-0.2, -0.15) is 0 Å². The molecule has 1 unspecified atom stereocenters. The number of ether oxygens (including phenoxy) is 2. The van der Waals surface area contributed by atoms with Gasteiger partial charge in [-0.15, -0.1) is 0 Å². The number of aliphatic hydroxyl groups excluding tert-OH is 1. The summed E-state index contributed by atoms with van der Waals surface area (Å²) in [6, 6.07) is -0.935. The molecule has 4 rings (SSSR count). The highest BCUT2D eigenvalue weighted by molar-refractivity contribution is 6.01. The number of piperidine rings is 1. The molecule has 2 saturated heterocycles. The number of likely N-dealkylation sites (N-methyl/N-ethyl adjacent to an activating group) is 5. The third-order valence-electron chi connectivity index (χ3n) is 20.0. The van der Waals surface area contributed by atoms with E-state index in [1.165, 1.54) is 93.0 Å². The summed E-state index contributed by atoms with van der Waals surface area (Å²) in [5.41, 5.74) is 0.301. The monoisotopic (exact) mass is 1530 g/mol. The summed E-state index contributed by atoms with van der Waals surface area (Å²) < 4.78 is 11.9. The van der Waals surface area contributed by atoms with Crippen molar-refractivity contribution in [2.75, 3.05) is 82.2 Å². The highest BCUT2D eigenvalue weighted by Gasteiger charge is 2.45. The maximum absolute atomic E-state index is 15.7. The molecule has 0 aromatic heterocycles. The van der Waals surface area contributed by atoms with Crippen molar-refractivity contribution in [3.05, 3.63) is 65.2 Å². The van der Waals surface area contributed by atoms with Gasteiger partial charge in [-0.3, -0.25) is 62.3 Å². The number of likely N-dealkylation sites (tertiary alicyclic amines) is 1. The zero-order valence-electron chi connectivity index (χ0n) is 68.9. The van der Waals surface area contributed by atoms with E-state index in [0.717, 1.165) is 11.3 Å². The topological polar surface area (TPSA) is 355 Å². The summed E-state index contributed by atoms with van der Waals surface area (Å²) in [6.45, 7) is 25.6. The van der Waals surface area contributed by atoms with E-state index in [4.69, 9.17) is 9.47 Å². The van der Waals surface area contributed by atoms with Crippen molar-refractivity contribution in [3.8, 4) is 5.75 Å². The first kappa shape index (κ1) is 92.7. The van der Waals surface area contributed by atoms with Crippen molar-refractivity contribution in [2.45, 2.75) is 247 Å². The van der Waals surface area contributed by atoms with Crippen LogP contribution in [0.5, 0.6) is 5.75 Å². The Morgan fingerprint density at radius 2 is 1.09 bits per heavy atom. The van der Waals surface area contributed by atoms with Crippen molar-refractivity contribution in [1.82, 2.24) is 66.2 Å². The van der Waals surface area contributed by atoms with Crippen LogP contribution in [0.1, 0.15) is 183 Å². The normalized spacial score (nSPS) is 24.0. The maximum atomic E-state index is 15.7. The van der Waals surface area contributed by atoms with Gasteiger partial charge in [-0.05, 0) is 125 Å². The molecule has 7 N–H and O–H groups in total. The molecule has 11 atom stereocenters. The molecule has 2 aliphatic heterocycles. The van der Waals surface area contributed by atoms with E-state index in [9.17, 15) is 24.3 Å². The maximum Gasteiger partial charge on any atom is 0.254 e. The number of nitrogens with one attached hydrogen (secondary N) is 6. The first-order chi connectivity index (χ1) is 51.0. The number of nitrogens with zero attached hydrogens (tertiary/aromatic N) is 7. The van der Waals surface area contributed by atoms with Crippen LogP contribution in [0.25, 0.3) is 0 Å². The number of aliphatic hydroxyl groups is 1. The minimum Gasteiger partial charge on any atom is -0.496 e. The van der Waals surface area contributed by atoms with Gasteiger partial charge in [-0.25, -0.2) is 0 Å². The summed E-state index contributed by atoms with van der Waals surface area (Å²) in [5, 5.41) is 28.2. The van der Waals surface area contributed by atoms with Gasteiger partial charge in [0.05, 0.1) is 44.0 Å². The lowest BCUT2D eigenvalue weighted by molar-refractivity contribution is -0.152. The molecule has 13 amide bonds. The largest absolute Gasteiger partial charge is 0.496 e. The fraction of sp³-hybridized carbons (Fsp3) is 0.688. The van der Waals surface area contributed by atoms with E-state index in [0.29, 0.717) is 49.9 Å². The number of hydrogen-bond acceptors (Lipinski definition) is 16. The molecular weight excluding hydrogens is 1400 g/mol. The molecule has 0 aliphatic carbocycles. The van der Waals surface area contributed by atoms with Crippen LogP contribution in [0.2, 0.25) is 0 Å². The number of carbonyl (C=O) groups is 13. The summed E-state index contributed by atoms with van der Waals surface area (Å²) in [7, 11) is 9.75. The zero-order valence-corrected chi connectivity index (χ0v) is 68.9. The van der Waals surface area contributed by atoms with Crippen LogP contribution >= 0.6 is 0 Å². The predicted octanol–water partition coefficient (Wildman–Crippen LogP) is 4.09.